The lowest BCUT2D eigenvalue weighted by Gasteiger charge is -2.21. The van der Waals surface area contributed by atoms with Crippen LogP contribution in [0.2, 0.25) is 0 Å². The van der Waals surface area contributed by atoms with Gasteiger partial charge < -0.3 is 25.5 Å². The van der Waals surface area contributed by atoms with Crippen LogP contribution in [0, 0.1) is 5.92 Å². The van der Waals surface area contributed by atoms with E-state index in [9.17, 15) is 18.3 Å². The van der Waals surface area contributed by atoms with Crippen molar-refractivity contribution >= 4 is 32.4 Å². The zero-order valence-corrected chi connectivity index (χ0v) is 19.2. The third kappa shape index (κ3) is 4.31. The predicted octanol–water partition coefficient (Wildman–Crippen LogP) is 2.65. The molecule has 0 atom stereocenters. The smallest absolute Gasteiger partial charge is 0.286 e. The van der Waals surface area contributed by atoms with Crippen molar-refractivity contribution < 1.29 is 18.3 Å². The summed E-state index contributed by atoms with van der Waals surface area (Å²) in [6, 6.07) is 11.5. The fourth-order valence-electron chi connectivity index (χ4n) is 3.73. The Morgan fingerprint density at radius 1 is 1.21 bits per heavy atom. The van der Waals surface area contributed by atoms with Crippen molar-refractivity contribution in [2.75, 3.05) is 18.5 Å². The molecule has 4 rings (SSSR count). The van der Waals surface area contributed by atoms with E-state index in [4.69, 9.17) is 10.5 Å². The first kappa shape index (κ1) is 22.8. The molecule has 1 aliphatic heterocycles. The van der Waals surface area contributed by atoms with E-state index in [1.165, 1.54) is 12.1 Å². The molecule has 0 unspecified atom stereocenters. The van der Waals surface area contributed by atoms with E-state index < -0.39 is 15.6 Å². The summed E-state index contributed by atoms with van der Waals surface area (Å²) in [6.07, 6.45) is 0.737. The third-order valence-corrected chi connectivity index (χ3v) is 6.71. The zero-order valence-electron chi connectivity index (χ0n) is 18.4. The minimum atomic E-state index is -4.16. The summed E-state index contributed by atoms with van der Waals surface area (Å²) in [5, 5.41) is 14.3. The SMILES string of the molecule is CC(C)CCn1c(=O)c(C2=NS(=O)(=O)c3cc(OCCN)ccc3N2)c(O)c2ccccc21. The summed E-state index contributed by atoms with van der Waals surface area (Å²) in [4.78, 5) is 13.4. The van der Waals surface area contributed by atoms with E-state index in [1.54, 1.807) is 34.9 Å². The van der Waals surface area contributed by atoms with Crippen molar-refractivity contribution in [1.29, 1.82) is 0 Å². The average Bonchev–Trinajstić information content (AvgIpc) is 2.77. The lowest BCUT2D eigenvalue weighted by Crippen LogP contribution is -2.33. The number of pyridine rings is 1. The molecular weight excluding hydrogens is 444 g/mol. The molecule has 174 valence electrons. The Morgan fingerprint density at radius 3 is 2.70 bits per heavy atom. The lowest BCUT2D eigenvalue weighted by atomic mass is 10.1. The summed E-state index contributed by atoms with van der Waals surface area (Å²) in [5.74, 6) is 0.155. The van der Waals surface area contributed by atoms with Crippen LogP contribution in [0.1, 0.15) is 25.8 Å². The molecule has 1 aliphatic rings. The first-order chi connectivity index (χ1) is 15.7. The van der Waals surface area contributed by atoms with Crippen LogP contribution in [-0.2, 0) is 16.6 Å². The van der Waals surface area contributed by atoms with Crippen LogP contribution in [0.5, 0.6) is 11.5 Å². The maximum absolute atomic E-state index is 13.5. The summed E-state index contributed by atoms with van der Waals surface area (Å²) >= 11 is 0. The number of rotatable bonds is 7. The molecule has 0 aliphatic carbocycles. The van der Waals surface area contributed by atoms with Crippen LogP contribution in [0.15, 0.2) is 56.6 Å². The summed E-state index contributed by atoms with van der Waals surface area (Å²) < 4.78 is 36.7. The lowest BCUT2D eigenvalue weighted by molar-refractivity contribution is 0.327. The number of para-hydroxylation sites is 1. The summed E-state index contributed by atoms with van der Waals surface area (Å²) in [5.41, 5.74) is 5.55. The number of aryl methyl sites for hydroxylation is 1. The molecular formula is C23H26N4O5S. The fraction of sp³-hybridized carbons (Fsp3) is 0.304. The van der Waals surface area contributed by atoms with Gasteiger partial charge in [0.05, 0.1) is 11.2 Å². The molecule has 0 saturated carbocycles. The maximum atomic E-state index is 13.5. The van der Waals surface area contributed by atoms with Crippen LogP contribution in [0.3, 0.4) is 0 Å². The zero-order chi connectivity index (χ0) is 23.8. The molecule has 0 amide bonds. The number of amidine groups is 1. The highest BCUT2D eigenvalue weighted by Gasteiger charge is 2.30. The molecule has 2 heterocycles. The number of nitrogens with one attached hydrogen (secondary N) is 1. The second kappa shape index (κ2) is 8.87. The van der Waals surface area contributed by atoms with Crippen LogP contribution < -0.4 is 21.3 Å². The number of sulfonamides is 1. The standard InChI is InChI=1S/C23H26N4O5S/c1-14(2)9-11-27-18-6-4-3-5-16(18)21(28)20(23(27)29)22-25-17-8-7-15(32-12-10-24)13-19(17)33(30,31)26-22/h3-8,13-14,28H,9-12,24H2,1-2H3,(H,25,26). The number of aromatic nitrogens is 1. The number of aromatic hydroxyl groups is 1. The minimum Gasteiger partial charge on any atom is -0.506 e. The largest absolute Gasteiger partial charge is 0.506 e. The molecule has 0 spiro atoms. The first-order valence-electron chi connectivity index (χ1n) is 10.7. The molecule has 33 heavy (non-hydrogen) atoms. The Morgan fingerprint density at radius 2 is 1.97 bits per heavy atom. The molecule has 4 N–H and O–H groups in total. The molecule has 9 nitrogen and oxygen atoms in total. The molecule has 0 saturated heterocycles. The van der Waals surface area contributed by atoms with Gasteiger partial charge in [-0.2, -0.15) is 8.42 Å². The Labute approximate surface area is 191 Å². The van der Waals surface area contributed by atoms with Gasteiger partial charge in [-0.15, -0.1) is 4.40 Å². The Balaban J connectivity index is 1.87. The second-order valence-corrected chi connectivity index (χ2v) is 9.79. The molecule has 10 heteroatoms. The number of hydrogen-bond acceptors (Lipinski definition) is 7. The van der Waals surface area contributed by atoms with E-state index in [0.717, 1.165) is 6.42 Å². The number of nitrogens with zero attached hydrogens (tertiary/aromatic N) is 2. The van der Waals surface area contributed by atoms with Crippen LogP contribution in [0.4, 0.5) is 5.69 Å². The van der Waals surface area contributed by atoms with Gasteiger partial charge in [0.25, 0.3) is 15.6 Å². The van der Waals surface area contributed by atoms with Gasteiger partial charge in [-0.25, -0.2) is 0 Å². The molecule has 3 aromatic rings. The van der Waals surface area contributed by atoms with Gasteiger partial charge in [0.2, 0.25) is 0 Å². The highest BCUT2D eigenvalue weighted by atomic mass is 32.2. The van der Waals surface area contributed by atoms with Crippen molar-refractivity contribution in [2.45, 2.75) is 31.7 Å². The van der Waals surface area contributed by atoms with Gasteiger partial charge in [-0.05, 0) is 36.6 Å². The van der Waals surface area contributed by atoms with Gasteiger partial charge in [0, 0.05) is 24.5 Å². The van der Waals surface area contributed by atoms with Gasteiger partial charge in [-0.1, -0.05) is 26.0 Å². The van der Waals surface area contributed by atoms with Crippen LogP contribution >= 0.6 is 0 Å². The van der Waals surface area contributed by atoms with Crippen LogP contribution in [-0.4, -0.2) is 37.1 Å². The molecule has 0 bridgehead atoms. The number of benzene rings is 2. The van der Waals surface area contributed by atoms with E-state index in [0.29, 0.717) is 29.1 Å². The highest BCUT2D eigenvalue weighted by Crippen LogP contribution is 2.34. The van der Waals surface area contributed by atoms with E-state index >= 15 is 0 Å². The normalized spacial score (nSPS) is 14.6. The molecule has 1 aromatic heterocycles. The number of fused-ring (bicyclic) bond motifs is 2. The van der Waals surface area contributed by atoms with Crippen molar-refractivity contribution in [3.05, 3.63) is 58.4 Å². The summed E-state index contributed by atoms with van der Waals surface area (Å²) in [6.45, 7) is 5.05. The van der Waals surface area contributed by atoms with Crippen LogP contribution in [0.25, 0.3) is 10.9 Å². The van der Waals surface area contributed by atoms with Gasteiger partial charge in [0.15, 0.2) is 5.84 Å². The highest BCUT2D eigenvalue weighted by molar-refractivity contribution is 7.90. The summed E-state index contributed by atoms with van der Waals surface area (Å²) in [7, 11) is -4.16. The topological polar surface area (TPSA) is 136 Å². The van der Waals surface area contributed by atoms with Crippen molar-refractivity contribution in [1.82, 2.24) is 4.57 Å². The predicted molar refractivity (Wildman–Crippen MR) is 128 cm³/mol. The number of ether oxygens (including phenoxy) is 1. The fourth-order valence-corrected chi connectivity index (χ4v) is 4.86. The number of anilines is 1. The monoisotopic (exact) mass is 470 g/mol. The third-order valence-electron chi connectivity index (χ3n) is 5.39. The van der Waals surface area contributed by atoms with Crippen molar-refractivity contribution in [3.8, 4) is 11.5 Å². The number of nitrogens with two attached hydrogens (primary N) is 1. The quantitative estimate of drug-likeness (QED) is 0.483. The number of hydrogen-bond donors (Lipinski definition) is 3. The maximum Gasteiger partial charge on any atom is 0.286 e. The van der Waals surface area contributed by atoms with Crippen molar-refractivity contribution in [2.24, 2.45) is 16.0 Å². The molecule has 0 fully saturated rings. The van der Waals surface area contributed by atoms with Gasteiger partial charge in [0.1, 0.15) is 28.6 Å². The van der Waals surface area contributed by atoms with E-state index in [2.05, 4.69) is 23.6 Å². The average molecular weight is 471 g/mol. The van der Waals surface area contributed by atoms with Crippen molar-refractivity contribution in [3.63, 3.8) is 0 Å². The van der Waals surface area contributed by atoms with Gasteiger partial charge >= 0.3 is 0 Å². The Bertz CT molecular complexity index is 1410. The van der Waals surface area contributed by atoms with E-state index in [-0.39, 0.29) is 40.9 Å². The second-order valence-electron chi connectivity index (χ2n) is 8.22. The first-order valence-corrected chi connectivity index (χ1v) is 12.1. The Kier molecular flexibility index (Phi) is 6.13. The van der Waals surface area contributed by atoms with E-state index in [1.807, 2.05) is 0 Å². The van der Waals surface area contributed by atoms with Gasteiger partial charge in [-0.3, -0.25) is 4.79 Å². The molecule has 0 radical (unpaired) electrons. The molecule has 2 aromatic carbocycles. The Hall–Kier alpha value is -3.37. The minimum absolute atomic E-state index is 0.0822.